The van der Waals surface area contributed by atoms with Crippen molar-refractivity contribution in [3.8, 4) is 39.0 Å². The second kappa shape index (κ2) is 24.3. The number of rotatable bonds is 31. The number of imide groups is 1. The summed E-state index contributed by atoms with van der Waals surface area (Å²) in [5.41, 5.74) is 7.49. The van der Waals surface area contributed by atoms with Gasteiger partial charge in [0.05, 0.1) is 20.9 Å². The molecule has 1 aliphatic heterocycles. The first-order valence-electron chi connectivity index (χ1n) is 28.6. The molecule has 0 N–H and O–H groups in total. The Morgan fingerprint density at radius 3 is 1.14 bits per heavy atom. The van der Waals surface area contributed by atoms with E-state index >= 15 is 9.59 Å². The highest BCUT2D eigenvalue weighted by atomic mass is 32.1. The molecule has 0 spiro atoms. The molecule has 70 heavy (non-hydrogen) atoms. The van der Waals surface area contributed by atoms with E-state index in [1.54, 1.807) is 27.4 Å². The lowest BCUT2D eigenvalue weighted by Crippen LogP contribution is -2.31. The number of hydrogen-bond acceptors (Lipinski definition) is 7. The van der Waals surface area contributed by atoms with Crippen molar-refractivity contribution in [2.75, 3.05) is 6.54 Å². The molecule has 4 unspecified atom stereocenters. The molecule has 3 aliphatic rings. The minimum absolute atomic E-state index is 0.0338. The Balaban J connectivity index is 1.30. The van der Waals surface area contributed by atoms with Crippen molar-refractivity contribution in [3.05, 3.63) is 68.4 Å². The molecule has 5 aromatic rings. The Morgan fingerprint density at radius 1 is 0.429 bits per heavy atom. The van der Waals surface area contributed by atoms with Crippen molar-refractivity contribution in [3.63, 3.8) is 0 Å². The molecule has 0 bridgehead atoms. The normalized spacial score (nSPS) is 19.7. The molecule has 6 heterocycles. The fourth-order valence-corrected chi connectivity index (χ4v) is 19.7. The quantitative estimate of drug-likeness (QED) is 0.0328. The number of thiophene rings is 5. The molecule has 4 atom stereocenters. The van der Waals surface area contributed by atoms with Crippen molar-refractivity contribution in [1.29, 1.82) is 0 Å². The molecule has 3 nitrogen and oxygen atoms in total. The SMILES string of the molecule is CCCCCCN1C(=O)c2c(-c3cc4c(s3)-c3sccc3C4(CC(CC)CCCC)CC(CC)CCCC)sc(-c3cc4c(s3)-c3sccc3C4(CC(CC)CCCC)CC(CC)CCCC)c2C1=O. The number of carbonyl (C=O) groups excluding carboxylic acids is 2. The van der Waals surface area contributed by atoms with Gasteiger partial charge in [0.1, 0.15) is 0 Å². The van der Waals surface area contributed by atoms with Gasteiger partial charge in [-0.25, -0.2) is 0 Å². The van der Waals surface area contributed by atoms with E-state index in [0.29, 0.717) is 41.3 Å². The highest BCUT2D eigenvalue weighted by Gasteiger charge is 2.51. The van der Waals surface area contributed by atoms with Crippen molar-refractivity contribution in [1.82, 2.24) is 4.90 Å². The Kier molecular flexibility index (Phi) is 18.7. The lowest BCUT2D eigenvalue weighted by Gasteiger charge is -2.37. The Labute approximate surface area is 444 Å². The van der Waals surface area contributed by atoms with E-state index in [1.165, 1.54) is 169 Å². The smallest absolute Gasteiger partial charge is 0.263 e. The van der Waals surface area contributed by atoms with Gasteiger partial charge < -0.3 is 0 Å². The highest BCUT2D eigenvalue weighted by Crippen LogP contribution is 2.65. The van der Waals surface area contributed by atoms with E-state index in [4.69, 9.17) is 0 Å². The maximum Gasteiger partial charge on any atom is 0.263 e. The summed E-state index contributed by atoms with van der Waals surface area (Å²) in [5.74, 6) is 2.53. The largest absolute Gasteiger partial charge is 0.274 e. The van der Waals surface area contributed by atoms with Crippen LogP contribution in [-0.2, 0) is 10.8 Å². The van der Waals surface area contributed by atoms with Crippen molar-refractivity contribution >= 4 is 68.5 Å². The Morgan fingerprint density at radius 2 is 0.800 bits per heavy atom. The second-order valence-corrected chi connectivity index (χ2v) is 27.0. The summed E-state index contributed by atoms with van der Waals surface area (Å²) in [4.78, 5) is 42.1. The molecule has 0 radical (unpaired) electrons. The first-order valence-corrected chi connectivity index (χ1v) is 32.8. The molecule has 0 saturated heterocycles. The van der Waals surface area contributed by atoms with E-state index in [0.717, 1.165) is 35.4 Å². The number of fused-ring (bicyclic) bond motifs is 7. The first kappa shape index (κ1) is 53.9. The minimum Gasteiger partial charge on any atom is -0.274 e. The maximum atomic E-state index is 15.1. The zero-order valence-corrected chi connectivity index (χ0v) is 48.8. The lowest BCUT2D eigenvalue weighted by atomic mass is 9.65. The van der Waals surface area contributed by atoms with Crippen molar-refractivity contribution in [2.24, 2.45) is 23.7 Å². The Bertz CT molecular complexity index is 2310. The molecule has 0 aromatic carbocycles. The average Bonchev–Trinajstić information content (AvgIpc) is 4.25. The fraction of sp³-hybridized carbons (Fsp3) is 0.645. The third-order valence-corrected chi connectivity index (χ3v) is 23.5. The maximum absolute atomic E-state index is 15.1. The van der Waals surface area contributed by atoms with Crippen LogP contribution in [0, 0.1) is 23.7 Å². The number of nitrogens with zero attached hydrogens (tertiary/aromatic N) is 1. The molecule has 2 aliphatic carbocycles. The third kappa shape index (κ3) is 10.2. The minimum atomic E-state index is -0.0655. The lowest BCUT2D eigenvalue weighted by molar-refractivity contribution is 0.0652. The summed E-state index contributed by atoms with van der Waals surface area (Å²) in [7, 11) is 0. The number of unbranched alkanes of at least 4 members (excludes halogenated alkanes) is 7. The summed E-state index contributed by atoms with van der Waals surface area (Å²) >= 11 is 9.47. The standard InChI is InChI=1S/C62H87NO2S5/c1-10-19-24-25-32-63-59(64)51-52(60(63)65)58(50-36-48-56(69-50)54-46(31-34-67-54)62(48,39-43(17-8)28-22-13-4)40-44(18-9)29-23-14-5)70-57(51)49-35-47-55(68-49)53-45(30-33-66-53)61(47,37-41(15-6)26-20-11-2)38-42(16-7)27-21-12-3/h30-31,33-36,41-44H,10-29,32,37-40H2,1-9H3. The van der Waals surface area contributed by atoms with Crippen LogP contribution in [0.4, 0.5) is 0 Å². The second-order valence-electron chi connectivity index (χ2n) is 22.0. The molecule has 0 saturated carbocycles. The summed E-state index contributed by atoms with van der Waals surface area (Å²) in [6.07, 6.45) is 29.0. The van der Waals surface area contributed by atoms with Crippen LogP contribution >= 0.6 is 56.7 Å². The van der Waals surface area contributed by atoms with Gasteiger partial charge in [-0.15, -0.1) is 56.7 Å². The van der Waals surface area contributed by atoms with Crippen LogP contribution < -0.4 is 0 Å². The van der Waals surface area contributed by atoms with Crippen LogP contribution in [0.2, 0.25) is 0 Å². The predicted molar refractivity (Wildman–Crippen MR) is 310 cm³/mol. The fourth-order valence-electron chi connectivity index (χ4n) is 13.3. The summed E-state index contributed by atoms with van der Waals surface area (Å²) < 4.78 is 0. The van der Waals surface area contributed by atoms with Gasteiger partial charge in [-0.3, -0.25) is 14.5 Å². The van der Waals surface area contributed by atoms with E-state index in [2.05, 4.69) is 97.3 Å². The van der Waals surface area contributed by atoms with Gasteiger partial charge in [0.2, 0.25) is 0 Å². The topological polar surface area (TPSA) is 37.4 Å². The van der Waals surface area contributed by atoms with Gasteiger partial charge in [0.15, 0.2) is 0 Å². The molecule has 382 valence electrons. The molecule has 2 amide bonds. The van der Waals surface area contributed by atoms with Gasteiger partial charge in [-0.1, -0.05) is 184 Å². The summed E-state index contributed by atoms with van der Waals surface area (Å²) in [6.45, 7) is 21.8. The van der Waals surface area contributed by atoms with Gasteiger partial charge in [0, 0.05) is 46.6 Å². The molecule has 8 heteroatoms. The zero-order valence-electron chi connectivity index (χ0n) is 44.8. The van der Waals surface area contributed by atoms with Gasteiger partial charge in [-0.05, 0) is 113 Å². The van der Waals surface area contributed by atoms with E-state index in [1.807, 2.05) is 45.3 Å². The van der Waals surface area contributed by atoms with Crippen LogP contribution in [-0.4, -0.2) is 23.3 Å². The van der Waals surface area contributed by atoms with E-state index in [9.17, 15) is 0 Å². The first-order chi connectivity index (χ1) is 34.1. The van der Waals surface area contributed by atoms with Crippen LogP contribution in [0.5, 0.6) is 0 Å². The van der Waals surface area contributed by atoms with Crippen LogP contribution in [0.1, 0.15) is 259 Å². The summed E-state index contributed by atoms with van der Waals surface area (Å²) in [6, 6.07) is 10.1. The molecular formula is C62H87NO2S5. The van der Waals surface area contributed by atoms with E-state index in [-0.39, 0.29) is 22.6 Å². The molecule has 8 rings (SSSR count). The van der Waals surface area contributed by atoms with Crippen LogP contribution in [0.15, 0.2) is 35.0 Å². The predicted octanol–water partition coefficient (Wildman–Crippen LogP) is 21.5. The van der Waals surface area contributed by atoms with E-state index < -0.39 is 0 Å². The third-order valence-electron chi connectivity index (χ3n) is 17.5. The highest BCUT2D eigenvalue weighted by molar-refractivity contribution is 7.30. The Hall–Kier alpha value is -2.36. The monoisotopic (exact) mass is 1040 g/mol. The molecule has 5 aromatic heterocycles. The molecule has 0 fully saturated rings. The summed E-state index contributed by atoms with van der Waals surface area (Å²) in [5, 5.41) is 4.71. The van der Waals surface area contributed by atoms with Gasteiger partial charge in [-0.2, -0.15) is 0 Å². The molecular weight excluding hydrogens is 951 g/mol. The zero-order chi connectivity index (χ0) is 49.6. The van der Waals surface area contributed by atoms with Crippen molar-refractivity contribution < 1.29 is 9.59 Å². The van der Waals surface area contributed by atoms with Crippen LogP contribution in [0.25, 0.3) is 39.0 Å². The number of carbonyl (C=O) groups is 2. The van der Waals surface area contributed by atoms with Crippen molar-refractivity contribution in [2.45, 2.75) is 227 Å². The van der Waals surface area contributed by atoms with Gasteiger partial charge in [0.25, 0.3) is 11.8 Å². The average molecular weight is 1040 g/mol. The number of amides is 2. The number of hydrogen-bond donors (Lipinski definition) is 0. The van der Waals surface area contributed by atoms with Crippen LogP contribution in [0.3, 0.4) is 0 Å². The van der Waals surface area contributed by atoms with Gasteiger partial charge >= 0.3 is 0 Å².